The van der Waals surface area contributed by atoms with Crippen molar-refractivity contribution in [3.8, 4) is 22.3 Å². The molecule has 0 atom stereocenters. The molecule has 3 aromatic rings. The summed E-state index contributed by atoms with van der Waals surface area (Å²) in [6.07, 6.45) is 0. The molecular formula is C20H18S2. The van der Waals surface area contributed by atoms with Gasteiger partial charge in [0.15, 0.2) is 0 Å². The van der Waals surface area contributed by atoms with Gasteiger partial charge in [0.1, 0.15) is 0 Å². The summed E-state index contributed by atoms with van der Waals surface area (Å²) in [6, 6.07) is 25.9. The molecule has 0 N–H and O–H groups in total. The van der Waals surface area contributed by atoms with Gasteiger partial charge in [-0.3, -0.25) is 0 Å². The molecule has 0 radical (unpaired) electrons. The molecule has 0 aliphatic rings. The summed E-state index contributed by atoms with van der Waals surface area (Å²) in [5, 5.41) is 0. The van der Waals surface area contributed by atoms with Crippen LogP contribution in [0, 0.1) is 0 Å². The topological polar surface area (TPSA) is 0 Å². The van der Waals surface area contributed by atoms with Crippen LogP contribution in [0.4, 0.5) is 0 Å². The van der Waals surface area contributed by atoms with Crippen molar-refractivity contribution in [1.29, 1.82) is 0 Å². The Bertz CT molecular complexity index is 660. The van der Waals surface area contributed by atoms with Crippen LogP contribution in [0.2, 0.25) is 0 Å². The number of rotatable bonds is 4. The van der Waals surface area contributed by atoms with Gasteiger partial charge in [-0.15, -0.1) is 0 Å². The highest BCUT2D eigenvalue weighted by atomic mass is 32.1. The van der Waals surface area contributed by atoms with Gasteiger partial charge in [0.05, 0.1) is 0 Å². The lowest BCUT2D eigenvalue weighted by Gasteiger charge is -2.06. The minimum absolute atomic E-state index is 0.779. The van der Waals surface area contributed by atoms with Gasteiger partial charge >= 0.3 is 0 Å². The first-order valence-electron chi connectivity index (χ1n) is 7.30. The van der Waals surface area contributed by atoms with Crippen molar-refractivity contribution in [3.05, 3.63) is 83.9 Å². The predicted molar refractivity (Wildman–Crippen MR) is 103 cm³/mol. The number of hydrogen-bond acceptors (Lipinski definition) is 2. The van der Waals surface area contributed by atoms with Crippen molar-refractivity contribution in [2.24, 2.45) is 0 Å². The van der Waals surface area contributed by atoms with Gasteiger partial charge in [-0.2, -0.15) is 25.3 Å². The summed E-state index contributed by atoms with van der Waals surface area (Å²) in [5.41, 5.74) is 7.44. The second-order valence-corrected chi connectivity index (χ2v) is 5.92. The van der Waals surface area contributed by atoms with E-state index in [1.807, 2.05) is 0 Å². The molecule has 110 valence electrons. The Morgan fingerprint density at radius 3 is 0.864 bits per heavy atom. The zero-order chi connectivity index (χ0) is 15.4. The summed E-state index contributed by atoms with van der Waals surface area (Å²) in [6.45, 7) is 0. The number of benzene rings is 3. The van der Waals surface area contributed by atoms with Crippen molar-refractivity contribution in [3.63, 3.8) is 0 Å². The molecule has 0 nitrogen and oxygen atoms in total. The first-order chi connectivity index (χ1) is 10.8. The normalized spacial score (nSPS) is 10.6. The van der Waals surface area contributed by atoms with E-state index in [4.69, 9.17) is 0 Å². The summed E-state index contributed by atoms with van der Waals surface area (Å²) < 4.78 is 0. The maximum absolute atomic E-state index is 4.29. The summed E-state index contributed by atoms with van der Waals surface area (Å²) >= 11 is 8.59. The minimum Gasteiger partial charge on any atom is -0.175 e. The van der Waals surface area contributed by atoms with Crippen molar-refractivity contribution < 1.29 is 0 Å². The first-order valence-corrected chi connectivity index (χ1v) is 8.57. The van der Waals surface area contributed by atoms with Gasteiger partial charge in [0.25, 0.3) is 0 Å². The highest BCUT2D eigenvalue weighted by molar-refractivity contribution is 7.79. The fourth-order valence-corrected chi connectivity index (χ4v) is 2.88. The molecule has 22 heavy (non-hydrogen) atoms. The van der Waals surface area contributed by atoms with Crippen LogP contribution in [0.1, 0.15) is 11.1 Å². The van der Waals surface area contributed by atoms with Crippen LogP contribution in [0.3, 0.4) is 0 Å². The molecule has 0 aromatic heterocycles. The van der Waals surface area contributed by atoms with E-state index in [2.05, 4.69) is 98.1 Å². The largest absolute Gasteiger partial charge is 0.175 e. The van der Waals surface area contributed by atoms with E-state index >= 15 is 0 Å². The molecule has 0 amide bonds. The Kier molecular flexibility index (Phi) is 4.91. The quantitative estimate of drug-likeness (QED) is 0.551. The van der Waals surface area contributed by atoms with Crippen LogP contribution in [0.25, 0.3) is 22.3 Å². The number of thiol groups is 2. The number of hydrogen-bond donors (Lipinski definition) is 2. The lowest BCUT2D eigenvalue weighted by molar-refractivity contribution is 1.42. The maximum atomic E-state index is 4.29. The molecule has 0 bridgehead atoms. The monoisotopic (exact) mass is 322 g/mol. The second kappa shape index (κ2) is 7.08. The Morgan fingerprint density at radius 2 is 0.636 bits per heavy atom. The predicted octanol–water partition coefficient (Wildman–Crippen LogP) is 5.88. The van der Waals surface area contributed by atoms with Crippen molar-refractivity contribution in [2.75, 3.05) is 0 Å². The van der Waals surface area contributed by atoms with E-state index in [-0.39, 0.29) is 0 Å². The summed E-state index contributed by atoms with van der Waals surface area (Å²) in [4.78, 5) is 0. The van der Waals surface area contributed by atoms with E-state index in [0.717, 1.165) is 11.5 Å². The standard InChI is InChI=1S/C20H18S2/c21-13-15-1-5-17(6-2-15)19-9-11-20(12-10-19)18-7-3-16(14-22)4-8-18/h1-12,21-22H,13-14H2. The molecule has 0 spiro atoms. The molecule has 0 saturated heterocycles. The molecule has 3 aromatic carbocycles. The van der Waals surface area contributed by atoms with E-state index in [0.29, 0.717) is 0 Å². The molecule has 0 heterocycles. The van der Waals surface area contributed by atoms with Gasteiger partial charge in [-0.25, -0.2) is 0 Å². The van der Waals surface area contributed by atoms with Crippen LogP contribution < -0.4 is 0 Å². The molecule has 0 fully saturated rings. The third-order valence-electron chi connectivity index (χ3n) is 3.82. The molecule has 0 aliphatic carbocycles. The minimum atomic E-state index is 0.779. The second-order valence-electron chi connectivity index (χ2n) is 5.29. The Balaban J connectivity index is 1.84. The average Bonchev–Trinajstić information content (AvgIpc) is 2.62. The Labute approximate surface area is 143 Å². The van der Waals surface area contributed by atoms with E-state index in [9.17, 15) is 0 Å². The zero-order valence-corrected chi connectivity index (χ0v) is 14.0. The van der Waals surface area contributed by atoms with Gasteiger partial charge in [-0.1, -0.05) is 72.8 Å². The van der Waals surface area contributed by atoms with Crippen LogP contribution >= 0.6 is 25.3 Å². The lowest BCUT2D eigenvalue weighted by Crippen LogP contribution is -1.83. The highest BCUT2D eigenvalue weighted by Gasteiger charge is 2.01. The molecular weight excluding hydrogens is 304 g/mol. The van der Waals surface area contributed by atoms with Crippen molar-refractivity contribution in [2.45, 2.75) is 11.5 Å². The van der Waals surface area contributed by atoms with E-state index in [1.54, 1.807) is 0 Å². The third kappa shape index (κ3) is 3.40. The first kappa shape index (κ1) is 15.3. The van der Waals surface area contributed by atoms with Crippen LogP contribution in [-0.4, -0.2) is 0 Å². The van der Waals surface area contributed by atoms with Crippen LogP contribution in [-0.2, 0) is 11.5 Å². The Morgan fingerprint density at radius 1 is 0.409 bits per heavy atom. The lowest BCUT2D eigenvalue weighted by atomic mass is 9.99. The van der Waals surface area contributed by atoms with E-state index in [1.165, 1.54) is 33.4 Å². The van der Waals surface area contributed by atoms with Gasteiger partial charge < -0.3 is 0 Å². The zero-order valence-electron chi connectivity index (χ0n) is 12.2. The van der Waals surface area contributed by atoms with Crippen LogP contribution in [0.5, 0.6) is 0 Å². The smallest absolute Gasteiger partial charge is 0.0154 e. The SMILES string of the molecule is SCc1ccc(-c2ccc(-c3ccc(CS)cc3)cc2)cc1. The van der Waals surface area contributed by atoms with Crippen molar-refractivity contribution >= 4 is 25.3 Å². The van der Waals surface area contributed by atoms with E-state index < -0.39 is 0 Å². The van der Waals surface area contributed by atoms with Gasteiger partial charge in [0, 0.05) is 11.5 Å². The molecule has 3 rings (SSSR count). The third-order valence-corrected chi connectivity index (χ3v) is 4.55. The summed E-state index contributed by atoms with van der Waals surface area (Å²) in [7, 11) is 0. The van der Waals surface area contributed by atoms with Gasteiger partial charge in [-0.05, 0) is 33.4 Å². The average molecular weight is 322 g/mol. The summed E-state index contributed by atoms with van der Waals surface area (Å²) in [5.74, 6) is 1.56. The fraction of sp³-hybridized carbons (Fsp3) is 0.100. The molecule has 2 heteroatoms. The Hall–Kier alpha value is -1.64. The molecule has 0 unspecified atom stereocenters. The molecule has 0 aliphatic heterocycles. The maximum Gasteiger partial charge on any atom is 0.0154 e. The van der Waals surface area contributed by atoms with Crippen LogP contribution in [0.15, 0.2) is 72.8 Å². The fourth-order valence-electron chi connectivity index (χ4n) is 2.46. The highest BCUT2D eigenvalue weighted by Crippen LogP contribution is 2.25. The molecule has 0 saturated carbocycles. The van der Waals surface area contributed by atoms with Gasteiger partial charge in [0.2, 0.25) is 0 Å². The van der Waals surface area contributed by atoms with Crippen molar-refractivity contribution in [1.82, 2.24) is 0 Å².